The lowest BCUT2D eigenvalue weighted by Crippen LogP contribution is -2.17. The van der Waals surface area contributed by atoms with Crippen LogP contribution in [0.4, 0.5) is 0 Å². The summed E-state index contributed by atoms with van der Waals surface area (Å²) in [6, 6.07) is 6.01. The van der Waals surface area contributed by atoms with Crippen LogP contribution in [0, 0.1) is 6.92 Å². The highest BCUT2D eigenvalue weighted by atomic mass is 79.9. The molecule has 1 aromatic carbocycles. The fourth-order valence-electron chi connectivity index (χ4n) is 1.82. The Morgan fingerprint density at radius 3 is 2.88 bits per heavy atom. The Kier molecular flexibility index (Phi) is 3.64. The molecule has 0 aliphatic heterocycles. The lowest BCUT2D eigenvalue weighted by atomic mass is 10.1. The summed E-state index contributed by atoms with van der Waals surface area (Å²) in [5.74, 6) is 0.906. The Morgan fingerprint density at radius 1 is 1.47 bits per heavy atom. The van der Waals surface area contributed by atoms with Crippen molar-refractivity contribution >= 4 is 15.9 Å². The maximum atomic E-state index is 6.25. The number of hydrogen-bond acceptors (Lipinski definition) is 2. The first-order chi connectivity index (χ1) is 8.13. The molecule has 0 bridgehead atoms. The van der Waals surface area contributed by atoms with Crippen LogP contribution in [0.1, 0.15) is 29.9 Å². The fourth-order valence-corrected chi connectivity index (χ4v) is 2.22. The monoisotopic (exact) mass is 293 g/mol. The molecule has 90 valence electrons. The van der Waals surface area contributed by atoms with Gasteiger partial charge in [-0.1, -0.05) is 28.1 Å². The summed E-state index contributed by atoms with van der Waals surface area (Å²) in [6.45, 7) is 5.03. The van der Waals surface area contributed by atoms with Crippen LogP contribution >= 0.6 is 15.9 Å². The second kappa shape index (κ2) is 5.02. The van der Waals surface area contributed by atoms with Gasteiger partial charge >= 0.3 is 0 Å². The van der Waals surface area contributed by atoms with Crippen molar-refractivity contribution in [2.45, 2.75) is 26.4 Å². The molecule has 1 heterocycles. The predicted molar refractivity (Wildman–Crippen MR) is 72.8 cm³/mol. The predicted octanol–water partition coefficient (Wildman–Crippen LogP) is 3.02. The van der Waals surface area contributed by atoms with Gasteiger partial charge in [0, 0.05) is 23.4 Å². The van der Waals surface area contributed by atoms with Crippen LogP contribution in [-0.4, -0.2) is 9.55 Å². The first-order valence-corrected chi connectivity index (χ1v) is 6.45. The van der Waals surface area contributed by atoms with Crippen molar-refractivity contribution in [3.8, 4) is 0 Å². The van der Waals surface area contributed by atoms with E-state index < -0.39 is 0 Å². The smallest absolute Gasteiger partial charge is 0.130 e. The number of rotatable bonds is 3. The maximum Gasteiger partial charge on any atom is 0.130 e. The van der Waals surface area contributed by atoms with E-state index in [0.717, 1.165) is 22.4 Å². The SMILES string of the molecule is CCn1ccnc1C(N)c1ccc(C)c(Br)c1. The topological polar surface area (TPSA) is 43.8 Å². The molecule has 17 heavy (non-hydrogen) atoms. The summed E-state index contributed by atoms with van der Waals surface area (Å²) in [5, 5.41) is 0. The van der Waals surface area contributed by atoms with Gasteiger partial charge in [-0.25, -0.2) is 4.98 Å². The Hall–Kier alpha value is -1.13. The summed E-state index contributed by atoms with van der Waals surface area (Å²) < 4.78 is 3.15. The lowest BCUT2D eigenvalue weighted by molar-refractivity contribution is 0.656. The van der Waals surface area contributed by atoms with Crippen LogP contribution < -0.4 is 5.73 Å². The van der Waals surface area contributed by atoms with Gasteiger partial charge in [0.05, 0.1) is 6.04 Å². The van der Waals surface area contributed by atoms with Crippen molar-refractivity contribution in [2.75, 3.05) is 0 Å². The molecule has 0 fully saturated rings. The third-order valence-electron chi connectivity index (χ3n) is 2.92. The second-order valence-corrected chi connectivity index (χ2v) is 4.91. The normalized spacial score (nSPS) is 12.7. The molecular weight excluding hydrogens is 278 g/mol. The molecule has 0 aliphatic rings. The van der Waals surface area contributed by atoms with Crippen LogP contribution in [0.25, 0.3) is 0 Å². The molecule has 2 rings (SSSR count). The first kappa shape index (κ1) is 12.3. The van der Waals surface area contributed by atoms with Crippen LogP contribution in [0.5, 0.6) is 0 Å². The second-order valence-electron chi connectivity index (χ2n) is 4.06. The van der Waals surface area contributed by atoms with Crippen molar-refractivity contribution in [3.63, 3.8) is 0 Å². The highest BCUT2D eigenvalue weighted by Gasteiger charge is 2.14. The fraction of sp³-hybridized carbons (Fsp3) is 0.308. The Bertz CT molecular complexity index is 519. The van der Waals surface area contributed by atoms with Gasteiger partial charge in [-0.15, -0.1) is 0 Å². The zero-order valence-electron chi connectivity index (χ0n) is 10.0. The molecule has 0 aliphatic carbocycles. The lowest BCUT2D eigenvalue weighted by Gasteiger charge is -2.14. The zero-order valence-corrected chi connectivity index (χ0v) is 11.6. The molecule has 2 aromatic rings. The number of nitrogens with two attached hydrogens (primary N) is 1. The van der Waals surface area contributed by atoms with Crippen LogP contribution in [0.3, 0.4) is 0 Å². The molecular formula is C13H16BrN3. The number of hydrogen-bond donors (Lipinski definition) is 1. The molecule has 4 heteroatoms. The van der Waals surface area contributed by atoms with E-state index >= 15 is 0 Å². The van der Waals surface area contributed by atoms with Crippen molar-refractivity contribution in [2.24, 2.45) is 5.73 Å². The van der Waals surface area contributed by atoms with Crippen LogP contribution in [0.2, 0.25) is 0 Å². The van der Waals surface area contributed by atoms with Gasteiger partial charge in [0.15, 0.2) is 0 Å². The Balaban J connectivity index is 2.36. The van der Waals surface area contributed by atoms with Gasteiger partial charge in [0.1, 0.15) is 5.82 Å². The molecule has 0 saturated heterocycles. The molecule has 1 aromatic heterocycles. The number of nitrogens with zero attached hydrogens (tertiary/aromatic N) is 2. The van der Waals surface area contributed by atoms with E-state index in [1.807, 2.05) is 6.20 Å². The van der Waals surface area contributed by atoms with Crippen molar-refractivity contribution in [1.29, 1.82) is 0 Å². The van der Waals surface area contributed by atoms with E-state index in [1.54, 1.807) is 6.20 Å². The third kappa shape index (κ3) is 2.42. The zero-order chi connectivity index (χ0) is 12.4. The van der Waals surface area contributed by atoms with Crippen LogP contribution in [0.15, 0.2) is 35.1 Å². The van der Waals surface area contributed by atoms with E-state index in [9.17, 15) is 0 Å². The summed E-state index contributed by atoms with van der Waals surface area (Å²) in [5.41, 5.74) is 8.53. The molecule has 0 saturated carbocycles. The number of benzene rings is 1. The van der Waals surface area contributed by atoms with Gasteiger partial charge in [0.2, 0.25) is 0 Å². The molecule has 1 atom stereocenters. The summed E-state index contributed by atoms with van der Waals surface area (Å²) in [6.07, 6.45) is 3.75. The van der Waals surface area contributed by atoms with Crippen molar-refractivity contribution in [1.82, 2.24) is 9.55 Å². The van der Waals surface area contributed by atoms with Crippen molar-refractivity contribution in [3.05, 3.63) is 52.0 Å². The highest BCUT2D eigenvalue weighted by Crippen LogP contribution is 2.24. The number of aryl methyl sites for hydroxylation is 2. The summed E-state index contributed by atoms with van der Waals surface area (Å²) >= 11 is 3.53. The number of aromatic nitrogens is 2. The summed E-state index contributed by atoms with van der Waals surface area (Å²) in [4.78, 5) is 4.34. The third-order valence-corrected chi connectivity index (χ3v) is 3.78. The molecule has 0 radical (unpaired) electrons. The van der Waals surface area contributed by atoms with Gasteiger partial charge < -0.3 is 10.3 Å². The first-order valence-electron chi connectivity index (χ1n) is 5.66. The Morgan fingerprint density at radius 2 is 2.24 bits per heavy atom. The van der Waals surface area contributed by atoms with Crippen molar-refractivity contribution < 1.29 is 0 Å². The molecule has 2 N–H and O–H groups in total. The average molecular weight is 294 g/mol. The van der Waals surface area contributed by atoms with Gasteiger partial charge in [0.25, 0.3) is 0 Å². The minimum absolute atomic E-state index is 0.179. The molecule has 1 unspecified atom stereocenters. The molecule has 0 amide bonds. The largest absolute Gasteiger partial charge is 0.334 e. The number of halogens is 1. The van der Waals surface area contributed by atoms with E-state index in [-0.39, 0.29) is 6.04 Å². The minimum atomic E-state index is -0.179. The van der Waals surface area contributed by atoms with Crippen LogP contribution in [-0.2, 0) is 6.54 Å². The van der Waals surface area contributed by atoms with Gasteiger partial charge in [-0.3, -0.25) is 0 Å². The molecule has 3 nitrogen and oxygen atoms in total. The van der Waals surface area contributed by atoms with E-state index in [1.165, 1.54) is 5.56 Å². The maximum absolute atomic E-state index is 6.25. The quantitative estimate of drug-likeness (QED) is 0.945. The number of imidazole rings is 1. The van der Waals surface area contributed by atoms with E-state index in [2.05, 4.69) is 57.5 Å². The molecule has 0 spiro atoms. The average Bonchev–Trinajstić information content (AvgIpc) is 2.80. The standard InChI is InChI=1S/C13H16BrN3/c1-3-17-7-6-16-13(17)12(15)10-5-4-9(2)11(14)8-10/h4-8,12H,3,15H2,1-2H3. The minimum Gasteiger partial charge on any atom is -0.334 e. The summed E-state index contributed by atoms with van der Waals surface area (Å²) in [7, 11) is 0. The van der Waals surface area contributed by atoms with E-state index in [4.69, 9.17) is 5.73 Å². The Labute approximate surface area is 110 Å². The van der Waals surface area contributed by atoms with E-state index in [0.29, 0.717) is 0 Å². The van der Waals surface area contributed by atoms with Gasteiger partial charge in [-0.05, 0) is 31.0 Å². The highest BCUT2D eigenvalue weighted by molar-refractivity contribution is 9.10. The van der Waals surface area contributed by atoms with Gasteiger partial charge in [-0.2, -0.15) is 0 Å².